The Hall–Kier alpha value is -0.800. The summed E-state index contributed by atoms with van der Waals surface area (Å²) in [6, 6.07) is 8.22. The molecule has 1 aromatic heterocycles. The first-order valence-electron chi connectivity index (χ1n) is 5.57. The summed E-state index contributed by atoms with van der Waals surface area (Å²) in [4.78, 5) is 4.32. The predicted molar refractivity (Wildman–Crippen MR) is 78.2 cm³/mol. The van der Waals surface area contributed by atoms with Crippen LogP contribution in [-0.4, -0.2) is 16.4 Å². The second-order valence-corrected chi connectivity index (χ2v) is 5.27. The van der Waals surface area contributed by atoms with Crippen molar-refractivity contribution in [1.29, 1.82) is 0 Å². The van der Waals surface area contributed by atoms with Crippen molar-refractivity contribution in [3.63, 3.8) is 0 Å². The number of aromatic nitrogens is 1. The molecule has 0 aliphatic heterocycles. The fourth-order valence-electron chi connectivity index (χ4n) is 1.75. The molecule has 2 rings (SSSR count). The molecule has 0 saturated carbocycles. The second kappa shape index (κ2) is 5.69. The lowest BCUT2D eigenvalue weighted by molar-refractivity contribution is 0.776. The van der Waals surface area contributed by atoms with E-state index in [2.05, 4.69) is 33.2 Å². The zero-order chi connectivity index (χ0) is 12.3. The number of anilines is 1. The molecule has 0 aliphatic rings. The number of benzene rings is 1. The molecular formula is C13H14BrClN2. The van der Waals surface area contributed by atoms with Gasteiger partial charge in [0.15, 0.2) is 0 Å². The van der Waals surface area contributed by atoms with E-state index >= 15 is 0 Å². The van der Waals surface area contributed by atoms with E-state index in [4.69, 9.17) is 11.6 Å². The van der Waals surface area contributed by atoms with Crippen molar-refractivity contribution < 1.29 is 0 Å². The van der Waals surface area contributed by atoms with Crippen LogP contribution in [0.3, 0.4) is 0 Å². The quantitative estimate of drug-likeness (QED) is 0.842. The van der Waals surface area contributed by atoms with Crippen LogP contribution < -0.4 is 5.32 Å². The van der Waals surface area contributed by atoms with E-state index in [1.54, 1.807) is 0 Å². The predicted octanol–water partition coefficient (Wildman–Crippen LogP) is 4.47. The number of fused-ring (bicyclic) bond motifs is 1. The number of rotatable bonds is 4. The lowest BCUT2D eigenvalue weighted by atomic mass is 10.1. The third-order valence-corrected chi connectivity index (χ3v) is 3.34. The van der Waals surface area contributed by atoms with Crippen LogP contribution in [0.5, 0.6) is 0 Å². The zero-order valence-corrected chi connectivity index (χ0v) is 11.9. The Morgan fingerprint density at radius 1 is 1.41 bits per heavy atom. The first kappa shape index (κ1) is 12.7. The van der Waals surface area contributed by atoms with Crippen molar-refractivity contribution in [2.75, 3.05) is 10.6 Å². The smallest absolute Gasteiger partial charge is 0.0737 e. The number of nitrogens with zero attached hydrogens (tertiary/aromatic N) is 1. The normalized spacial score (nSPS) is 12.6. The average Bonchev–Trinajstić information content (AvgIpc) is 2.29. The molecule has 0 aliphatic carbocycles. The minimum atomic E-state index is 0.427. The SMILES string of the molecule is C[C@H](CCBr)Nc1ccnc2cc(Cl)ccc12. The molecule has 0 saturated heterocycles. The Morgan fingerprint density at radius 3 is 3.00 bits per heavy atom. The maximum Gasteiger partial charge on any atom is 0.0737 e. The van der Waals surface area contributed by atoms with Gasteiger partial charge in [-0.05, 0) is 37.6 Å². The summed E-state index contributed by atoms with van der Waals surface area (Å²) in [5, 5.41) is 6.32. The van der Waals surface area contributed by atoms with Gasteiger partial charge in [-0.25, -0.2) is 0 Å². The minimum absolute atomic E-state index is 0.427. The number of hydrogen-bond donors (Lipinski definition) is 1. The molecule has 0 bridgehead atoms. The summed E-state index contributed by atoms with van der Waals surface area (Å²) in [6.45, 7) is 2.17. The van der Waals surface area contributed by atoms with Crippen LogP contribution in [0.2, 0.25) is 5.02 Å². The highest BCUT2D eigenvalue weighted by molar-refractivity contribution is 9.09. The van der Waals surface area contributed by atoms with Crippen molar-refractivity contribution in [1.82, 2.24) is 4.98 Å². The Bertz CT molecular complexity index is 516. The monoisotopic (exact) mass is 312 g/mol. The number of alkyl halides is 1. The Kier molecular flexibility index (Phi) is 4.24. The lowest BCUT2D eigenvalue weighted by Gasteiger charge is -2.15. The molecule has 0 radical (unpaired) electrons. The van der Waals surface area contributed by atoms with Crippen LogP contribution >= 0.6 is 27.5 Å². The summed E-state index contributed by atoms with van der Waals surface area (Å²) >= 11 is 9.41. The standard InChI is InChI=1S/C13H14BrClN2/c1-9(4-6-14)17-12-5-7-16-13-8-10(15)2-3-11(12)13/h2-3,5,7-9H,4,6H2,1H3,(H,16,17)/t9-/m1/s1. The first-order chi connectivity index (χ1) is 8.20. The van der Waals surface area contributed by atoms with Gasteiger partial charge >= 0.3 is 0 Å². The molecule has 0 fully saturated rings. The molecule has 1 atom stereocenters. The van der Waals surface area contributed by atoms with Crippen LogP contribution in [0, 0.1) is 0 Å². The fraction of sp³-hybridized carbons (Fsp3) is 0.308. The Morgan fingerprint density at radius 2 is 2.24 bits per heavy atom. The number of hydrogen-bond acceptors (Lipinski definition) is 2. The van der Waals surface area contributed by atoms with Gasteiger partial charge in [-0.3, -0.25) is 4.98 Å². The summed E-state index contributed by atoms with van der Waals surface area (Å²) in [5.74, 6) is 0. The number of nitrogens with one attached hydrogen (secondary N) is 1. The molecule has 2 aromatic rings. The van der Waals surface area contributed by atoms with Crippen molar-refractivity contribution in [3.8, 4) is 0 Å². The summed E-state index contributed by atoms with van der Waals surface area (Å²) < 4.78 is 0. The lowest BCUT2D eigenvalue weighted by Crippen LogP contribution is -2.15. The maximum atomic E-state index is 5.96. The van der Waals surface area contributed by atoms with Gasteiger partial charge in [0, 0.05) is 33.7 Å². The van der Waals surface area contributed by atoms with Crippen LogP contribution in [0.25, 0.3) is 10.9 Å². The van der Waals surface area contributed by atoms with E-state index in [0.29, 0.717) is 6.04 Å². The van der Waals surface area contributed by atoms with Gasteiger partial charge in [-0.1, -0.05) is 27.5 Å². The maximum absolute atomic E-state index is 5.96. The van der Waals surface area contributed by atoms with E-state index < -0.39 is 0 Å². The summed E-state index contributed by atoms with van der Waals surface area (Å²) in [6.07, 6.45) is 2.89. The van der Waals surface area contributed by atoms with E-state index in [9.17, 15) is 0 Å². The van der Waals surface area contributed by atoms with Crippen LogP contribution in [0.4, 0.5) is 5.69 Å². The van der Waals surface area contributed by atoms with Crippen LogP contribution in [-0.2, 0) is 0 Å². The second-order valence-electron chi connectivity index (χ2n) is 4.04. The van der Waals surface area contributed by atoms with Gasteiger partial charge in [0.1, 0.15) is 0 Å². The van der Waals surface area contributed by atoms with Crippen LogP contribution in [0.15, 0.2) is 30.5 Å². The van der Waals surface area contributed by atoms with E-state index in [1.165, 1.54) is 0 Å². The molecule has 1 N–H and O–H groups in total. The highest BCUT2D eigenvalue weighted by Crippen LogP contribution is 2.25. The highest BCUT2D eigenvalue weighted by atomic mass is 79.9. The van der Waals surface area contributed by atoms with Crippen molar-refractivity contribution in [3.05, 3.63) is 35.5 Å². The fourth-order valence-corrected chi connectivity index (χ4v) is 2.60. The molecule has 0 spiro atoms. The van der Waals surface area contributed by atoms with Crippen molar-refractivity contribution in [2.24, 2.45) is 0 Å². The molecule has 4 heteroatoms. The molecule has 2 nitrogen and oxygen atoms in total. The van der Waals surface area contributed by atoms with Gasteiger partial charge in [-0.15, -0.1) is 0 Å². The summed E-state index contributed by atoms with van der Waals surface area (Å²) in [5.41, 5.74) is 2.04. The molecule has 1 heterocycles. The van der Waals surface area contributed by atoms with Gasteiger partial charge in [0.2, 0.25) is 0 Å². The molecular weight excluding hydrogens is 300 g/mol. The zero-order valence-electron chi connectivity index (χ0n) is 9.58. The molecule has 90 valence electrons. The molecule has 0 amide bonds. The van der Waals surface area contributed by atoms with Gasteiger partial charge in [0.05, 0.1) is 5.52 Å². The first-order valence-corrected chi connectivity index (χ1v) is 7.07. The van der Waals surface area contributed by atoms with E-state index in [-0.39, 0.29) is 0 Å². The van der Waals surface area contributed by atoms with E-state index in [1.807, 2.05) is 30.5 Å². The third-order valence-electron chi connectivity index (χ3n) is 2.65. The highest BCUT2D eigenvalue weighted by Gasteiger charge is 2.05. The number of pyridine rings is 1. The largest absolute Gasteiger partial charge is 0.382 e. The third kappa shape index (κ3) is 3.11. The van der Waals surface area contributed by atoms with Gasteiger partial charge in [0.25, 0.3) is 0 Å². The molecule has 0 unspecified atom stereocenters. The van der Waals surface area contributed by atoms with Gasteiger partial charge < -0.3 is 5.32 Å². The van der Waals surface area contributed by atoms with E-state index in [0.717, 1.165) is 33.4 Å². The summed E-state index contributed by atoms with van der Waals surface area (Å²) in [7, 11) is 0. The topological polar surface area (TPSA) is 24.9 Å². The Balaban J connectivity index is 2.34. The Labute approximate surface area is 115 Å². The number of halogens is 2. The van der Waals surface area contributed by atoms with Crippen molar-refractivity contribution >= 4 is 44.1 Å². The van der Waals surface area contributed by atoms with Crippen LogP contribution in [0.1, 0.15) is 13.3 Å². The minimum Gasteiger partial charge on any atom is -0.382 e. The van der Waals surface area contributed by atoms with Crippen molar-refractivity contribution in [2.45, 2.75) is 19.4 Å². The average molecular weight is 314 g/mol. The van der Waals surface area contributed by atoms with Gasteiger partial charge in [-0.2, -0.15) is 0 Å². The molecule has 1 aromatic carbocycles. The molecule has 17 heavy (non-hydrogen) atoms.